The van der Waals surface area contributed by atoms with E-state index in [1.54, 1.807) is 47.6 Å². The number of rotatable bonds is 7. The number of aliphatic imine (C=N–C) groups is 1. The van der Waals surface area contributed by atoms with Gasteiger partial charge in [-0.2, -0.15) is 31.4 Å². The molecule has 20 heteroatoms. The number of fused-ring (bicyclic) bond motifs is 1. The smallest absolute Gasteiger partial charge is 0.437 e. The molecule has 1 fully saturated rings. The predicted molar refractivity (Wildman–Crippen MR) is 180 cm³/mol. The molecule has 0 bridgehead atoms. The first-order valence-corrected chi connectivity index (χ1v) is 16.4. The zero-order valence-corrected chi connectivity index (χ0v) is 29.9. The van der Waals surface area contributed by atoms with Crippen LogP contribution in [-0.2, 0) is 38.0 Å². The number of carbonyl (C=O) groups is 4. The lowest BCUT2D eigenvalue weighted by Crippen LogP contribution is -2.45. The summed E-state index contributed by atoms with van der Waals surface area (Å²) in [6.45, 7) is 8.64. The van der Waals surface area contributed by atoms with Gasteiger partial charge in [0.25, 0.3) is 11.1 Å². The van der Waals surface area contributed by atoms with Crippen molar-refractivity contribution >= 4 is 58.0 Å². The number of carbonyl (C=O) groups excluding carboxylic acids is 4. The van der Waals surface area contributed by atoms with Gasteiger partial charge in [0.15, 0.2) is 0 Å². The molecule has 2 heterocycles. The molecule has 2 N–H and O–H groups in total. The molecule has 0 atom stereocenters. The number of alkyl carbamates (subject to hydrolysis) is 1. The highest BCUT2D eigenvalue weighted by Crippen LogP contribution is 2.38. The lowest BCUT2D eigenvalue weighted by molar-refractivity contribution is -0.143. The number of hydrogen-bond donors (Lipinski definition) is 2. The summed E-state index contributed by atoms with van der Waals surface area (Å²) >= 11 is 0.644. The third kappa shape index (κ3) is 11.4. The average molecular weight is 773 g/mol. The van der Waals surface area contributed by atoms with Crippen LogP contribution in [0.1, 0.15) is 63.8 Å². The minimum Gasteiger partial charge on any atom is -0.444 e. The fourth-order valence-corrected chi connectivity index (χ4v) is 5.46. The van der Waals surface area contributed by atoms with E-state index in [1.165, 1.54) is 29.1 Å². The minimum absolute atomic E-state index is 0.0491. The van der Waals surface area contributed by atoms with Gasteiger partial charge >= 0.3 is 24.5 Å². The fourth-order valence-electron chi connectivity index (χ4n) is 4.59. The standard InChI is InChI=1S/C33H34F6N6O7S/c1-30(2,3)51-27(47)41-26(42-28(48)52-31(4,5)6)43-50-12-11-44-25(46)24(53-29(44)49)14-18-7-10-23-20(13-18)16-40-45(23)17-19-8-9-21(32(34,35)36)15-22(19)33(37,38)39/h7-10,13-16H,11-12,17H2,1-6H3,(H2,41,42,43,47,48). The van der Waals surface area contributed by atoms with Crippen LogP contribution in [0.3, 0.4) is 0 Å². The number of alkyl halides is 6. The number of ether oxygens (including phenoxy) is 2. The Hall–Kier alpha value is -5.11. The number of guanidine groups is 1. The van der Waals surface area contributed by atoms with Crippen molar-refractivity contribution < 1.29 is 59.8 Å². The molecular formula is C33H34F6N6O7S. The number of aromatic nitrogens is 2. The molecule has 53 heavy (non-hydrogen) atoms. The third-order valence-corrected chi connectivity index (χ3v) is 7.61. The number of hydroxylamine groups is 1. The molecule has 3 aromatic rings. The van der Waals surface area contributed by atoms with Crippen molar-refractivity contribution in [3.8, 4) is 0 Å². The molecule has 1 aliphatic heterocycles. The Morgan fingerprint density at radius 1 is 0.925 bits per heavy atom. The van der Waals surface area contributed by atoms with E-state index in [0.717, 1.165) is 11.0 Å². The molecule has 13 nitrogen and oxygen atoms in total. The highest BCUT2D eigenvalue weighted by molar-refractivity contribution is 8.18. The van der Waals surface area contributed by atoms with E-state index in [1.807, 2.05) is 0 Å². The Morgan fingerprint density at radius 2 is 1.60 bits per heavy atom. The number of benzene rings is 2. The van der Waals surface area contributed by atoms with Crippen LogP contribution < -0.4 is 10.8 Å². The zero-order chi connectivity index (χ0) is 39.5. The van der Waals surface area contributed by atoms with Gasteiger partial charge in [-0.3, -0.25) is 29.3 Å². The number of imide groups is 1. The molecule has 1 saturated heterocycles. The summed E-state index contributed by atoms with van der Waals surface area (Å²) in [7, 11) is 0. The maximum Gasteiger partial charge on any atom is 0.437 e. The molecule has 4 amide bonds. The second-order valence-electron chi connectivity index (χ2n) is 13.3. The number of halogens is 6. The van der Waals surface area contributed by atoms with Gasteiger partial charge in [0.05, 0.1) is 47.4 Å². The summed E-state index contributed by atoms with van der Waals surface area (Å²) in [5.41, 5.74) is -1.97. The molecular weight excluding hydrogens is 738 g/mol. The van der Waals surface area contributed by atoms with E-state index in [4.69, 9.17) is 14.3 Å². The van der Waals surface area contributed by atoms with Crippen molar-refractivity contribution in [2.24, 2.45) is 4.99 Å². The summed E-state index contributed by atoms with van der Waals surface area (Å²) in [6.07, 6.45) is -9.26. The highest BCUT2D eigenvalue weighted by Gasteiger charge is 2.38. The number of thioether (sulfide) groups is 1. The van der Waals surface area contributed by atoms with E-state index in [0.29, 0.717) is 34.3 Å². The van der Waals surface area contributed by atoms with E-state index >= 15 is 0 Å². The Morgan fingerprint density at radius 3 is 2.23 bits per heavy atom. The van der Waals surface area contributed by atoms with Gasteiger partial charge in [0.2, 0.25) is 5.96 Å². The molecule has 4 rings (SSSR count). The molecule has 0 saturated carbocycles. The fraction of sp³-hybridized carbons (Fsp3) is 0.394. The van der Waals surface area contributed by atoms with Gasteiger partial charge in [-0.1, -0.05) is 12.1 Å². The summed E-state index contributed by atoms with van der Waals surface area (Å²) in [5, 5.41) is 6.14. The van der Waals surface area contributed by atoms with Crippen LogP contribution in [0.5, 0.6) is 0 Å². The molecule has 286 valence electrons. The van der Waals surface area contributed by atoms with E-state index in [9.17, 15) is 45.5 Å². The Kier molecular flexibility index (Phi) is 11.9. The SMILES string of the molecule is CC(C)(C)OC(=O)N=C(NOCCN1C(=O)SC(=Cc2ccc3c(cnn3Cc3ccc(C(F)(F)F)cc3C(F)(F)F)c2)C1=O)NC(=O)OC(C)(C)C. The third-order valence-electron chi connectivity index (χ3n) is 6.70. The summed E-state index contributed by atoms with van der Waals surface area (Å²) in [5.74, 6) is -1.14. The lowest BCUT2D eigenvalue weighted by Gasteiger charge is -2.21. The van der Waals surface area contributed by atoms with Crippen LogP contribution in [-0.4, -0.2) is 68.3 Å². The molecule has 1 aromatic heterocycles. The quantitative estimate of drug-likeness (QED) is 0.0617. The summed E-state index contributed by atoms with van der Waals surface area (Å²) < 4.78 is 91.8. The van der Waals surface area contributed by atoms with Gasteiger partial charge in [0, 0.05) is 5.39 Å². The molecule has 2 aromatic carbocycles. The first-order valence-electron chi connectivity index (χ1n) is 15.6. The average Bonchev–Trinajstić information content (AvgIpc) is 3.50. The van der Waals surface area contributed by atoms with Gasteiger partial charge in [-0.05, 0) is 94.8 Å². The van der Waals surface area contributed by atoms with E-state index < -0.39 is 76.1 Å². The van der Waals surface area contributed by atoms with Crippen molar-refractivity contribution in [3.05, 3.63) is 69.8 Å². The van der Waals surface area contributed by atoms with Crippen LogP contribution >= 0.6 is 11.8 Å². The minimum atomic E-state index is -5.05. The van der Waals surface area contributed by atoms with Crippen molar-refractivity contribution in [2.45, 2.75) is 71.6 Å². The molecule has 1 aliphatic rings. The molecule has 0 spiro atoms. The maximum absolute atomic E-state index is 13.7. The van der Waals surface area contributed by atoms with Crippen LogP contribution in [0.4, 0.5) is 40.7 Å². The number of nitrogens with one attached hydrogen (secondary N) is 2. The Labute approximate surface area is 302 Å². The highest BCUT2D eigenvalue weighted by atomic mass is 32.2. The predicted octanol–water partition coefficient (Wildman–Crippen LogP) is 7.50. The topological polar surface area (TPSA) is 153 Å². The normalized spacial score (nSPS) is 15.4. The molecule has 0 radical (unpaired) electrons. The number of nitrogens with zero attached hydrogens (tertiary/aromatic N) is 4. The molecule has 0 unspecified atom stereocenters. The second-order valence-corrected chi connectivity index (χ2v) is 14.3. The summed E-state index contributed by atoms with van der Waals surface area (Å²) in [6, 6.07) is 6.02. The zero-order valence-electron chi connectivity index (χ0n) is 29.1. The maximum atomic E-state index is 13.7. The van der Waals surface area contributed by atoms with Gasteiger partial charge in [0.1, 0.15) is 11.2 Å². The van der Waals surface area contributed by atoms with Crippen LogP contribution in [0, 0.1) is 0 Å². The summed E-state index contributed by atoms with van der Waals surface area (Å²) in [4.78, 5) is 60.0. The van der Waals surface area contributed by atoms with Crippen molar-refractivity contribution in [2.75, 3.05) is 13.2 Å². The first kappa shape index (κ1) is 40.7. The van der Waals surface area contributed by atoms with Crippen LogP contribution in [0.15, 0.2) is 52.5 Å². The Balaban J connectivity index is 1.42. The van der Waals surface area contributed by atoms with Crippen molar-refractivity contribution in [1.82, 2.24) is 25.5 Å². The lowest BCUT2D eigenvalue weighted by atomic mass is 10.0. The van der Waals surface area contributed by atoms with Crippen LogP contribution in [0.2, 0.25) is 0 Å². The first-order chi connectivity index (χ1) is 24.4. The Bertz CT molecular complexity index is 1960. The van der Waals surface area contributed by atoms with Gasteiger partial charge in [-0.15, -0.1) is 4.99 Å². The van der Waals surface area contributed by atoms with Crippen molar-refractivity contribution in [3.63, 3.8) is 0 Å². The van der Waals surface area contributed by atoms with Crippen molar-refractivity contribution in [1.29, 1.82) is 0 Å². The van der Waals surface area contributed by atoms with Gasteiger partial charge < -0.3 is 9.47 Å². The van der Waals surface area contributed by atoms with E-state index in [2.05, 4.69) is 20.9 Å². The van der Waals surface area contributed by atoms with Crippen LogP contribution in [0.25, 0.3) is 17.0 Å². The number of amides is 4. The molecule has 0 aliphatic carbocycles. The monoisotopic (exact) mass is 772 g/mol. The second kappa shape index (κ2) is 15.5. The number of hydrogen-bond acceptors (Lipinski definition) is 9. The van der Waals surface area contributed by atoms with E-state index in [-0.39, 0.29) is 24.1 Å². The largest absolute Gasteiger partial charge is 0.444 e. The van der Waals surface area contributed by atoms with Gasteiger partial charge in [-0.25, -0.2) is 15.1 Å².